The van der Waals surface area contributed by atoms with Gasteiger partial charge in [0.2, 0.25) is 0 Å². The van der Waals surface area contributed by atoms with Crippen LogP contribution in [-0.4, -0.2) is 27.5 Å². The minimum Gasteiger partial charge on any atom is -0.282 e. The van der Waals surface area contributed by atoms with Crippen LogP contribution in [0.1, 0.15) is 37.7 Å². The van der Waals surface area contributed by atoms with Crippen LogP contribution < -0.4 is 5.14 Å². The Bertz CT molecular complexity index is 661. The van der Waals surface area contributed by atoms with Crippen LogP contribution in [0.5, 0.6) is 0 Å². The minimum absolute atomic E-state index is 0.0666. The molecule has 0 amide bonds. The zero-order chi connectivity index (χ0) is 16.8. The molecule has 9 heteroatoms. The lowest BCUT2D eigenvalue weighted by Crippen LogP contribution is -2.25. The quantitative estimate of drug-likeness (QED) is 0.800. The normalized spacial score (nSPS) is 16.7. The molecule has 2 rings (SSSR count). The van der Waals surface area contributed by atoms with Crippen LogP contribution in [0.15, 0.2) is 29.2 Å². The van der Waals surface area contributed by atoms with Gasteiger partial charge in [-0.05, 0) is 31.9 Å². The maximum absolute atomic E-state index is 10.5. The van der Waals surface area contributed by atoms with Gasteiger partial charge in [0.25, 0.3) is 10.1 Å². The molecule has 0 aliphatic heterocycles. The monoisotopic (exact) mass is 351 g/mol. The van der Waals surface area contributed by atoms with E-state index in [1.807, 2.05) is 6.92 Å². The number of benzene rings is 1. The molecule has 0 aromatic heterocycles. The van der Waals surface area contributed by atoms with Crippen molar-refractivity contribution in [1.29, 1.82) is 0 Å². The molecule has 0 spiro atoms. The van der Waals surface area contributed by atoms with Gasteiger partial charge in [0.05, 0.1) is 11.0 Å². The number of nitrogens with two attached hydrogens (primary N) is 1. The summed E-state index contributed by atoms with van der Waals surface area (Å²) in [5, 5.41) is 4.72. The number of hydrogen-bond donors (Lipinski definition) is 2. The van der Waals surface area contributed by atoms with Crippen LogP contribution in [0.4, 0.5) is 0 Å². The lowest BCUT2D eigenvalue weighted by atomic mass is 9.98. The van der Waals surface area contributed by atoms with Gasteiger partial charge in [-0.1, -0.05) is 37.0 Å². The Morgan fingerprint density at radius 3 is 1.95 bits per heavy atom. The van der Waals surface area contributed by atoms with Gasteiger partial charge in [-0.3, -0.25) is 8.74 Å². The second-order valence-corrected chi connectivity index (χ2v) is 7.74. The molecule has 1 aromatic carbocycles. The minimum atomic E-state index is -4.02. The number of aryl methyl sites for hydroxylation is 1. The maximum atomic E-state index is 10.5. The van der Waals surface area contributed by atoms with E-state index in [1.54, 1.807) is 12.1 Å². The van der Waals surface area contributed by atoms with Gasteiger partial charge in [0.1, 0.15) is 0 Å². The maximum Gasteiger partial charge on any atom is 0.333 e. The zero-order valence-corrected chi connectivity index (χ0v) is 13.9. The second kappa shape index (κ2) is 8.02. The zero-order valence-electron chi connectivity index (χ0n) is 12.3. The Morgan fingerprint density at radius 2 is 1.55 bits per heavy atom. The van der Waals surface area contributed by atoms with E-state index in [4.69, 9.17) is 9.69 Å². The highest BCUT2D eigenvalue weighted by molar-refractivity contribution is 7.85. The number of rotatable bonds is 3. The fourth-order valence-corrected chi connectivity index (χ4v) is 3.11. The summed E-state index contributed by atoms with van der Waals surface area (Å²) < 4.78 is 55.1. The standard InChI is InChI=1S/C7H8O3S.C6H13NO3S/c1-6-2-4-7(5-3-6)11(8,9)10;7-11(8,9)10-6-4-2-1-3-5-6/h2-5H,1H3,(H,8,9,10);6H,1-5H2,(H2,7,8,9). The van der Waals surface area contributed by atoms with Crippen molar-refractivity contribution in [2.75, 3.05) is 0 Å². The van der Waals surface area contributed by atoms with Gasteiger partial charge in [0.15, 0.2) is 0 Å². The predicted octanol–water partition coefficient (Wildman–Crippen LogP) is 1.78. The summed E-state index contributed by atoms with van der Waals surface area (Å²) in [5.41, 5.74) is 0.956. The highest BCUT2D eigenvalue weighted by Crippen LogP contribution is 2.20. The fourth-order valence-electron chi connectivity index (χ4n) is 2.06. The molecular formula is C13H21NO6S2. The van der Waals surface area contributed by atoms with Gasteiger partial charge in [-0.25, -0.2) is 5.14 Å². The molecule has 0 unspecified atom stereocenters. The van der Waals surface area contributed by atoms with E-state index in [1.165, 1.54) is 18.6 Å². The summed E-state index contributed by atoms with van der Waals surface area (Å²) in [7, 11) is -7.74. The van der Waals surface area contributed by atoms with Crippen molar-refractivity contribution < 1.29 is 25.6 Å². The first-order valence-corrected chi connectivity index (χ1v) is 9.74. The lowest BCUT2D eigenvalue weighted by molar-refractivity contribution is 0.162. The molecule has 1 aliphatic carbocycles. The van der Waals surface area contributed by atoms with Crippen molar-refractivity contribution in [3.05, 3.63) is 29.8 Å². The van der Waals surface area contributed by atoms with Crippen LogP contribution in [0.3, 0.4) is 0 Å². The average molecular weight is 351 g/mol. The molecule has 126 valence electrons. The van der Waals surface area contributed by atoms with Crippen molar-refractivity contribution in [1.82, 2.24) is 0 Å². The molecule has 1 saturated carbocycles. The van der Waals surface area contributed by atoms with E-state index in [2.05, 4.69) is 4.18 Å². The third-order valence-electron chi connectivity index (χ3n) is 3.14. The Kier molecular flexibility index (Phi) is 6.95. The highest BCUT2D eigenvalue weighted by Gasteiger charge is 2.18. The van der Waals surface area contributed by atoms with E-state index in [9.17, 15) is 16.8 Å². The Hall–Kier alpha value is -1.00. The molecule has 0 atom stereocenters. The van der Waals surface area contributed by atoms with Gasteiger partial charge >= 0.3 is 10.3 Å². The summed E-state index contributed by atoms with van der Waals surface area (Å²) in [6, 6.07) is 5.99. The van der Waals surface area contributed by atoms with Crippen molar-refractivity contribution in [3.63, 3.8) is 0 Å². The largest absolute Gasteiger partial charge is 0.333 e. The molecule has 22 heavy (non-hydrogen) atoms. The van der Waals surface area contributed by atoms with Crippen molar-refractivity contribution >= 4 is 20.4 Å². The van der Waals surface area contributed by atoms with Crippen molar-refractivity contribution in [2.24, 2.45) is 5.14 Å². The molecule has 1 fully saturated rings. The van der Waals surface area contributed by atoms with E-state index < -0.39 is 20.4 Å². The molecule has 0 heterocycles. The summed E-state index contributed by atoms with van der Waals surface area (Å²) >= 11 is 0. The SMILES string of the molecule is Cc1ccc(S(=O)(=O)O)cc1.NS(=O)(=O)OC1CCCCC1. The first-order valence-electron chi connectivity index (χ1n) is 6.83. The van der Waals surface area contributed by atoms with Crippen LogP contribution >= 0.6 is 0 Å². The van der Waals surface area contributed by atoms with Gasteiger partial charge in [0, 0.05) is 0 Å². The molecule has 1 aromatic rings. The third kappa shape index (κ3) is 7.85. The van der Waals surface area contributed by atoms with Crippen molar-refractivity contribution in [3.8, 4) is 0 Å². The van der Waals surface area contributed by atoms with E-state index in [0.29, 0.717) is 0 Å². The summed E-state index contributed by atoms with van der Waals surface area (Å²) in [5.74, 6) is 0. The molecule has 0 radical (unpaired) electrons. The van der Waals surface area contributed by atoms with Crippen LogP contribution in [0, 0.1) is 6.92 Å². The molecule has 1 aliphatic rings. The summed E-state index contributed by atoms with van der Waals surface area (Å²) in [6.45, 7) is 1.84. The summed E-state index contributed by atoms with van der Waals surface area (Å²) in [4.78, 5) is -0.0666. The van der Waals surface area contributed by atoms with Crippen LogP contribution in [-0.2, 0) is 24.6 Å². The smallest absolute Gasteiger partial charge is 0.282 e. The van der Waals surface area contributed by atoms with E-state index in [-0.39, 0.29) is 11.0 Å². The van der Waals surface area contributed by atoms with Gasteiger partial charge in [-0.2, -0.15) is 16.8 Å². The Labute approximate surface area is 131 Å². The van der Waals surface area contributed by atoms with E-state index >= 15 is 0 Å². The second-order valence-electron chi connectivity index (χ2n) is 5.14. The fraction of sp³-hybridized carbons (Fsp3) is 0.538. The first kappa shape index (κ1) is 19.0. The predicted molar refractivity (Wildman–Crippen MR) is 82.1 cm³/mol. The molecular weight excluding hydrogens is 330 g/mol. The molecule has 7 nitrogen and oxygen atoms in total. The topological polar surface area (TPSA) is 124 Å². The van der Waals surface area contributed by atoms with Gasteiger partial charge < -0.3 is 0 Å². The molecule has 3 N–H and O–H groups in total. The summed E-state index contributed by atoms with van der Waals surface area (Å²) in [6.07, 6.45) is 4.72. The number of hydrogen-bond acceptors (Lipinski definition) is 5. The van der Waals surface area contributed by atoms with Crippen LogP contribution in [0.25, 0.3) is 0 Å². The highest BCUT2D eigenvalue weighted by atomic mass is 32.2. The average Bonchev–Trinajstić information content (AvgIpc) is 2.38. The Morgan fingerprint density at radius 1 is 1.05 bits per heavy atom. The molecule has 0 bridgehead atoms. The van der Waals surface area contributed by atoms with Crippen LogP contribution in [0.2, 0.25) is 0 Å². The van der Waals surface area contributed by atoms with Gasteiger partial charge in [-0.15, -0.1) is 0 Å². The first-order chi connectivity index (χ1) is 10.1. The van der Waals surface area contributed by atoms with Crippen molar-refractivity contribution in [2.45, 2.75) is 50.0 Å². The van der Waals surface area contributed by atoms with E-state index in [0.717, 1.165) is 31.2 Å². The third-order valence-corrected chi connectivity index (χ3v) is 4.55. The lowest BCUT2D eigenvalue weighted by Gasteiger charge is -2.19. The molecule has 0 saturated heterocycles. The Balaban J connectivity index is 0.000000220.